The Morgan fingerprint density at radius 3 is 2.83 bits per heavy atom. The Balaban J connectivity index is 2.92. The van der Waals surface area contributed by atoms with Gasteiger partial charge in [-0.3, -0.25) is 0 Å². The molecule has 0 fully saturated rings. The van der Waals surface area contributed by atoms with Crippen molar-refractivity contribution >= 4 is 22.6 Å². The molecule has 0 radical (unpaired) electrons. The van der Waals surface area contributed by atoms with Gasteiger partial charge in [-0.05, 0) is 47.2 Å². The molecule has 1 nitrogen and oxygen atoms in total. The Morgan fingerprint density at radius 1 is 1.50 bits per heavy atom. The molecule has 0 aliphatic rings. The number of benzene rings is 1. The zero-order chi connectivity index (χ0) is 8.97. The van der Waals surface area contributed by atoms with E-state index in [1.54, 1.807) is 6.92 Å². The molecule has 0 saturated carbocycles. The molecule has 1 aromatic carbocycles. The van der Waals surface area contributed by atoms with Gasteiger partial charge in [-0.25, -0.2) is 0 Å². The van der Waals surface area contributed by atoms with E-state index in [-0.39, 0.29) is 0 Å². The molecule has 62 valence electrons. The van der Waals surface area contributed by atoms with E-state index in [2.05, 4.69) is 34.4 Å². The predicted octanol–water partition coefficient (Wildman–Crippen LogP) is 2.35. The van der Waals surface area contributed by atoms with Gasteiger partial charge in [0.25, 0.3) is 0 Å². The van der Waals surface area contributed by atoms with Crippen molar-refractivity contribution in [1.82, 2.24) is 0 Å². The third kappa shape index (κ3) is 2.50. The second kappa shape index (κ2) is 4.48. The van der Waals surface area contributed by atoms with Crippen molar-refractivity contribution < 1.29 is 5.11 Å². The molecule has 12 heavy (non-hydrogen) atoms. The molecule has 0 aromatic heterocycles. The van der Waals surface area contributed by atoms with Crippen molar-refractivity contribution in [3.63, 3.8) is 0 Å². The summed E-state index contributed by atoms with van der Waals surface area (Å²) in [5.41, 5.74) is 0.858. The van der Waals surface area contributed by atoms with E-state index in [1.165, 1.54) is 0 Å². The standard InChI is InChI=1S/C10H9IO/c1-2-4-10(12)8-5-3-6-9(11)7-8/h3,5-7,10,12H,1H3. The van der Waals surface area contributed by atoms with Gasteiger partial charge in [-0.15, -0.1) is 5.92 Å². The van der Waals surface area contributed by atoms with Crippen LogP contribution in [-0.4, -0.2) is 5.11 Å². The van der Waals surface area contributed by atoms with Crippen molar-refractivity contribution in [2.24, 2.45) is 0 Å². The first kappa shape index (κ1) is 9.56. The summed E-state index contributed by atoms with van der Waals surface area (Å²) in [6.45, 7) is 1.72. The minimum atomic E-state index is -0.648. The molecular weight excluding hydrogens is 263 g/mol. The van der Waals surface area contributed by atoms with Crippen LogP contribution in [0, 0.1) is 15.4 Å². The lowest BCUT2D eigenvalue weighted by atomic mass is 10.1. The highest BCUT2D eigenvalue weighted by Gasteiger charge is 2.02. The van der Waals surface area contributed by atoms with Crippen molar-refractivity contribution in [1.29, 1.82) is 0 Å². The van der Waals surface area contributed by atoms with Crippen LogP contribution in [0.2, 0.25) is 0 Å². The molecule has 1 N–H and O–H groups in total. The summed E-state index contributed by atoms with van der Waals surface area (Å²) in [6, 6.07) is 7.69. The summed E-state index contributed by atoms with van der Waals surface area (Å²) in [7, 11) is 0. The number of aliphatic hydroxyl groups is 1. The third-order valence-electron chi connectivity index (χ3n) is 1.45. The van der Waals surface area contributed by atoms with Crippen LogP contribution >= 0.6 is 22.6 Å². The molecule has 0 aliphatic carbocycles. The lowest BCUT2D eigenvalue weighted by Gasteiger charge is -2.02. The van der Waals surface area contributed by atoms with Gasteiger partial charge in [0.2, 0.25) is 0 Å². The minimum absolute atomic E-state index is 0.648. The first-order chi connectivity index (χ1) is 5.74. The summed E-state index contributed by atoms with van der Waals surface area (Å²) in [5, 5.41) is 9.47. The average molecular weight is 272 g/mol. The number of rotatable bonds is 1. The Bertz CT molecular complexity index is 322. The molecule has 0 spiro atoms. The monoisotopic (exact) mass is 272 g/mol. The molecule has 2 heteroatoms. The third-order valence-corrected chi connectivity index (χ3v) is 2.12. The highest BCUT2D eigenvalue weighted by atomic mass is 127. The lowest BCUT2D eigenvalue weighted by molar-refractivity contribution is 0.238. The van der Waals surface area contributed by atoms with E-state index in [0.29, 0.717) is 0 Å². The van der Waals surface area contributed by atoms with Crippen LogP contribution in [0.1, 0.15) is 18.6 Å². The Morgan fingerprint density at radius 2 is 2.25 bits per heavy atom. The topological polar surface area (TPSA) is 20.2 Å². The Labute approximate surface area is 85.9 Å². The lowest BCUT2D eigenvalue weighted by Crippen LogP contribution is -1.93. The summed E-state index contributed by atoms with van der Waals surface area (Å²) in [6.07, 6.45) is -0.648. The number of halogens is 1. The van der Waals surface area contributed by atoms with E-state index >= 15 is 0 Å². The zero-order valence-corrected chi connectivity index (χ0v) is 8.87. The Hall–Kier alpha value is -0.530. The molecule has 0 heterocycles. The van der Waals surface area contributed by atoms with Crippen molar-refractivity contribution in [2.75, 3.05) is 0 Å². The first-order valence-corrected chi connectivity index (χ1v) is 4.67. The molecule has 1 unspecified atom stereocenters. The van der Waals surface area contributed by atoms with Gasteiger partial charge in [0, 0.05) is 3.57 Å². The SMILES string of the molecule is CC#CC(O)c1cccc(I)c1. The fraction of sp³-hybridized carbons (Fsp3) is 0.200. The van der Waals surface area contributed by atoms with E-state index in [0.717, 1.165) is 9.13 Å². The number of aliphatic hydroxyl groups excluding tert-OH is 1. The Kier molecular flexibility index (Phi) is 3.57. The average Bonchev–Trinajstić information content (AvgIpc) is 2.05. The van der Waals surface area contributed by atoms with E-state index < -0.39 is 6.10 Å². The van der Waals surface area contributed by atoms with Crippen LogP contribution in [0.15, 0.2) is 24.3 Å². The van der Waals surface area contributed by atoms with Crippen LogP contribution < -0.4 is 0 Å². The second-order valence-electron chi connectivity index (χ2n) is 2.35. The maximum atomic E-state index is 9.47. The molecule has 0 bridgehead atoms. The van der Waals surface area contributed by atoms with Gasteiger partial charge < -0.3 is 5.11 Å². The van der Waals surface area contributed by atoms with Crippen LogP contribution in [0.25, 0.3) is 0 Å². The van der Waals surface area contributed by atoms with Gasteiger partial charge >= 0.3 is 0 Å². The first-order valence-electron chi connectivity index (χ1n) is 3.60. The van der Waals surface area contributed by atoms with Crippen LogP contribution in [0.4, 0.5) is 0 Å². The second-order valence-corrected chi connectivity index (χ2v) is 3.60. The molecule has 1 atom stereocenters. The van der Waals surface area contributed by atoms with Crippen molar-refractivity contribution in [2.45, 2.75) is 13.0 Å². The molecule has 0 aliphatic heterocycles. The summed E-state index contributed by atoms with van der Waals surface area (Å²) in [5.74, 6) is 5.37. The van der Waals surface area contributed by atoms with Gasteiger partial charge in [-0.1, -0.05) is 18.1 Å². The van der Waals surface area contributed by atoms with Gasteiger partial charge in [0.15, 0.2) is 0 Å². The van der Waals surface area contributed by atoms with E-state index in [1.807, 2.05) is 24.3 Å². The molecular formula is C10H9IO. The predicted molar refractivity (Wildman–Crippen MR) is 57.6 cm³/mol. The summed E-state index contributed by atoms with van der Waals surface area (Å²) < 4.78 is 1.11. The molecule has 1 rings (SSSR count). The van der Waals surface area contributed by atoms with Gasteiger partial charge in [-0.2, -0.15) is 0 Å². The molecule has 1 aromatic rings. The van der Waals surface area contributed by atoms with Crippen molar-refractivity contribution in [3.8, 4) is 11.8 Å². The fourth-order valence-electron chi connectivity index (χ4n) is 0.897. The summed E-state index contributed by atoms with van der Waals surface area (Å²) >= 11 is 2.21. The smallest absolute Gasteiger partial charge is 0.140 e. The highest BCUT2D eigenvalue weighted by Crippen LogP contribution is 2.14. The van der Waals surface area contributed by atoms with E-state index in [9.17, 15) is 5.11 Å². The zero-order valence-electron chi connectivity index (χ0n) is 6.71. The maximum Gasteiger partial charge on any atom is 0.140 e. The maximum absolute atomic E-state index is 9.47. The van der Waals surface area contributed by atoms with Crippen molar-refractivity contribution in [3.05, 3.63) is 33.4 Å². The molecule has 0 saturated heterocycles. The highest BCUT2D eigenvalue weighted by molar-refractivity contribution is 14.1. The molecule has 0 amide bonds. The normalized spacial score (nSPS) is 11.6. The number of hydrogen-bond acceptors (Lipinski definition) is 1. The van der Waals surface area contributed by atoms with Gasteiger partial charge in [0.05, 0.1) is 0 Å². The largest absolute Gasteiger partial charge is 0.376 e. The summed E-state index contributed by atoms with van der Waals surface area (Å²) in [4.78, 5) is 0. The quantitative estimate of drug-likeness (QED) is 0.614. The minimum Gasteiger partial charge on any atom is -0.376 e. The van der Waals surface area contributed by atoms with Crippen LogP contribution in [-0.2, 0) is 0 Å². The number of hydrogen-bond donors (Lipinski definition) is 1. The van der Waals surface area contributed by atoms with Crippen LogP contribution in [0.3, 0.4) is 0 Å². The van der Waals surface area contributed by atoms with Crippen LogP contribution in [0.5, 0.6) is 0 Å². The van der Waals surface area contributed by atoms with E-state index in [4.69, 9.17) is 0 Å². The van der Waals surface area contributed by atoms with Gasteiger partial charge in [0.1, 0.15) is 6.10 Å². The fourth-order valence-corrected chi connectivity index (χ4v) is 1.46.